The largest absolute Gasteiger partial charge is 0.465 e. The van der Waals surface area contributed by atoms with Crippen molar-refractivity contribution < 1.29 is 14.6 Å². The Morgan fingerprint density at radius 2 is 2.08 bits per heavy atom. The number of benzene rings is 1. The van der Waals surface area contributed by atoms with E-state index in [1.807, 2.05) is 6.92 Å². The van der Waals surface area contributed by atoms with Gasteiger partial charge in [-0.15, -0.1) is 0 Å². The monoisotopic (exact) mass is 419 g/mol. The molecule has 1 heterocycles. The average molecular weight is 420 g/mol. The van der Waals surface area contributed by atoms with Crippen molar-refractivity contribution in [2.45, 2.75) is 50.8 Å². The van der Waals surface area contributed by atoms with Crippen molar-refractivity contribution >= 4 is 33.6 Å². The molecule has 0 aromatic heterocycles. The van der Waals surface area contributed by atoms with E-state index in [9.17, 15) is 4.79 Å². The summed E-state index contributed by atoms with van der Waals surface area (Å²) in [7, 11) is 1.77. The summed E-state index contributed by atoms with van der Waals surface area (Å²) in [4.78, 5) is 21.1. The maximum Gasteiger partial charge on any atom is 0.410 e. The topological polar surface area (TPSA) is 83.3 Å². The number of amidine groups is 1. The SMILES string of the molecule is COC1CCC2(CC1)Cc1ccc(Br)cc1C21N=C(C)C(NC(=O)O)=N1. The molecule has 0 bridgehead atoms. The predicted molar refractivity (Wildman–Crippen MR) is 103 cm³/mol. The van der Waals surface area contributed by atoms with Crippen molar-refractivity contribution in [1.82, 2.24) is 5.32 Å². The smallest absolute Gasteiger partial charge is 0.410 e. The number of ether oxygens (including phenoxy) is 1. The Hall–Kier alpha value is -1.73. The summed E-state index contributed by atoms with van der Waals surface area (Å²) in [6, 6.07) is 6.29. The minimum absolute atomic E-state index is 0.131. The fourth-order valence-corrected chi connectivity index (χ4v) is 5.21. The van der Waals surface area contributed by atoms with Gasteiger partial charge in [-0.3, -0.25) is 10.3 Å². The maximum absolute atomic E-state index is 11.2. The van der Waals surface area contributed by atoms with Gasteiger partial charge in [-0.2, -0.15) is 0 Å². The van der Waals surface area contributed by atoms with Crippen LogP contribution in [-0.4, -0.2) is 36.0 Å². The third kappa shape index (κ3) is 2.52. The van der Waals surface area contributed by atoms with Crippen molar-refractivity contribution in [1.29, 1.82) is 0 Å². The Morgan fingerprint density at radius 3 is 2.73 bits per heavy atom. The van der Waals surface area contributed by atoms with Crippen LogP contribution >= 0.6 is 15.9 Å². The number of amides is 1. The van der Waals surface area contributed by atoms with Crippen LogP contribution in [0.2, 0.25) is 0 Å². The number of rotatable bonds is 1. The van der Waals surface area contributed by atoms with Crippen molar-refractivity contribution in [2.75, 3.05) is 7.11 Å². The highest BCUT2D eigenvalue weighted by molar-refractivity contribution is 9.10. The third-order valence-corrected chi connectivity index (χ3v) is 6.60. The van der Waals surface area contributed by atoms with Gasteiger partial charge in [0.25, 0.3) is 0 Å². The zero-order chi connectivity index (χ0) is 18.5. The molecule has 2 spiro atoms. The van der Waals surface area contributed by atoms with Crippen molar-refractivity contribution in [3.8, 4) is 0 Å². The van der Waals surface area contributed by atoms with Gasteiger partial charge in [0.05, 0.1) is 11.8 Å². The molecule has 4 rings (SSSR count). The lowest BCUT2D eigenvalue weighted by Gasteiger charge is -2.44. The second-order valence-electron chi connectivity index (χ2n) is 7.45. The fourth-order valence-electron chi connectivity index (χ4n) is 4.85. The molecule has 26 heavy (non-hydrogen) atoms. The van der Waals surface area contributed by atoms with Crippen molar-refractivity contribution in [3.63, 3.8) is 0 Å². The average Bonchev–Trinajstić information content (AvgIpc) is 3.05. The molecule has 2 aliphatic carbocycles. The van der Waals surface area contributed by atoms with Crippen LogP contribution in [0, 0.1) is 5.41 Å². The van der Waals surface area contributed by atoms with E-state index < -0.39 is 11.8 Å². The van der Waals surface area contributed by atoms with E-state index in [1.54, 1.807) is 7.11 Å². The van der Waals surface area contributed by atoms with Crippen LogP contribution in [0.3, 0.4) is 0 Å². The third-order valence-electron chi connectivity index (χ3n) is 6.11. The summed E-state index contributed by atoms with van der Waals surface area (Å²) in [5, 5.41) is 11.6. The molecule has 1 amide bonds. The zero-order valence-electron chi connectivity index (χ0n) is 14.9. The summed E-state index contributed by atoms with van der Waals surface area (Å²) in [5.74, 6) is 0.360. The highest BCUT2D eigenvalue weighted by Crippen LogP contribution is 2.62. The number of hydrogen-bond acceptors (Lipinski definition) is 4. The number of halogens is 1. The summed E-state index contributed by atoms with van der Waals surface area (Å²) in [6.45, 7) is 1.83. The minimum atomic E-state index is -1.11. The summed E-state index contributed by atoms with van der Waals surface area (Å²) in [6.07, 6.45) is 3.93. The highest BCUT2D eigenvalue weighted by Gasteiger charge is 2.60. The van der Waals surface area contributed by atoms with Gasteiger partial charge >= 0.3 is 6.09 Å². The van der Waals surface area contributed by atoms with Crippen LogP contribution < -0.4 is 5.32 Å². The summed E-state index contributed by atoms with van der Waals surface area (Å²) >= 11 is 3.57. The molecule has 2 N–H and O–H groups in total. The number of carbonyl (C=O) groups is 1. The second-order valence-corrected chi connectivity index (χ2v) is 8.37. The molecular formula is C19H22BrN3O3. The first kappa shape index (κ1) is 17.7. The van der Waals surface area contributed by atoms with Gasteiger partial charge in [0.15, 0.2) is 11.5 Å². The van der Waals surface area contributed by atoms with E-state index in [4.69, 9.17) is 19.8 Å². The van der Waals surface area contributed by atoms with Gasteiger partial charge in [0.2, 0.25) is 0 Å². The first-order valence-electron chi connectivity index (χ1n) is 8.87. The Labute approximate surface area is 160 Å². The lowest BCUT2D eigenvalue weighted by Crippen LogP contribution is -2.43. The van der Waals surface area contributed by atoms with E-state index in [0.717, 1.165) is 42.1 Å². The molecule has 7 heteroatoms. The molecular weight excluding hydrogens is 398 g/mol. The quantitative estimate of drug-likeness (QED) is 0.724. The second kappa shape index (κ2) is 6.16. The highest BCUT2D eigenvalue weighted by atomic mass is 79.9. The molecule has 1 saturated carbocycles. The van der Waals surface area contributed by atoms with E-state index in [2.05, 4.69) is 39.4 Å². The molecule has 1 aliphatic heterocycles. The van der Waals surface area contributed by atoms with Gasteiger partial charge < -0.3 is 9.84 Å². The van der Waals surface area contributed by atoms with Gasteiger partial charge in [-0.05, 0) is 56.7 Å². The first-order valence-corrected chi connectivity index (χ1v) is 9.67. The van der Waals surface area contributed by atoms with E-state index in [1.165, 1.54) is 5.56 Å². The van der Waals surface area contributed by atoms with Gasteiger partial charge in [0.1, 0.15) is 0 Å². The number of hydrogen-bond donors (Lipinski definition) is 2. The fraction of sp³-hybridized carbons (Fsp3) is 0.526. The molecule has 1 fully saturated rings. The molecule has 1 aromatic carbocycles. The zero-order valence-corrected chi connectivity index (χ0v) is 16.5. The Kier molecular flexibility index (Phi) is 4.19. The lowest BCUT2D eigenvalue weighted by molar-refractivity contribution is -0.000406. The molecule has 0 radical (unpaired) electrons. The maximum atomic E-state index is 11.2. The van der Waals surface area contributed by atoms with Crippen LogP contribution in [0.5, 0.6) is 0 Å². The summed E-state index contributed by atoms with van der Waals surface area (Å²) < 4.78 is 6.55. The van der Waals surface area contributed by atoms with E-state index in [0.29, 0.717) is 11.5 Å². The number of aliphatic imine (C=N–C) groups is 2. The number of methoxy groups -OCH3 is 1. The first-order chi connectivity index (χ1) is 12.4. The molecule has 1 unspecified atom stereocenters. The molecule has 3 aliphatic rings. The lowest BCUT2D eigenvalue weighted by atomic mass is 9.65. The van der Waals surface area contributed by atoms with Crippen molar-refractivity contribution in [2.24, 2.45) is 15.4 Å². The number of fused-ring (bicyclic) bond motifs is 3. The van der Waals surface area contributed by atoms with E-state index in [-0.39, 0.29) is 11.5 Å². The number of nitrogens with zero attached hydrogens (tertiary/aromatic N) is 2. The minimum Gasteiger partial charge on any atom is -0.465 e. The molecule has 1 atom stereocenters. The normalized spacial score (nSPS) is 32.5. The Balaban J connectivity index is 1.85. The van der Waals surface area contributed by atoms with Gasteiger partial charge in [-0.25, -0.2) is 9.79 Å². The van der Waals surface area contributed by atoms with Crippen LogP contribution in [0.4, 0.5) is 4.79 Å². The van der Waals surface area contributed by atoms with Crippen LogP contribution in [-0.2, 0) is 16.8 Å². The summed E-state index contributed by atoms with van der Waals surface area (Å²) in [5.41, 5.74) is 2.11. The number of carboxylic acid groups (broad SMARTS) is 1. The van der Waals surface area contributed by atoms with Gasteiger partial charge in [-0.1, -0.05) is 22.0 Å². The Bertz CT molecular complexity index is 827. The van der Waals surface area contributed by atoms with Crippen LogP contribution in [0.15, 0.2) is 32.7 Å². The molecule has 0 saturated heterocycles. The van der Waals surface area contributed by atoms with Gasteiger partial charge in [0, 0.05) is 22.6 Å². The van der Waals surface area contributed by atoms with E-state index >= 15 is 0 Å². The number of nitrogens with one attached hydrogen (secondary N) is 1. The standard InChI is InChI=1S/C19H22BrN3O3/c1-11-16(21-17(24)25)23-19(22-11)15-9-13(20)4-3-12(15)10-18(19)7-5-14(26-2)6-8-18/h3-4,9,14H,5-8,10H2,1-2H3,(H,21,23)(H,24,25). The van der Waals surface area contributed by atoms with Crippen LogP contribution in [0.25, 0.3) is 0 Å². The molecule has 138 valence electrons. The molecule has 6 nitrogen and oxygen atoms in total. The predicted octanol–water partition coefficient (Wildman–Crippen LogP) is 3.87. The van der Waals surface area contributed by atoms with Crippen molar-refractivity contribution in [3.05, 3.63) is 33.8 Å². The molecule has 1 aromatic rings. The Morgan fingerprint density at radius 1 is 1.35 bits per heavy atom. The van der Waals surface area contributed by atoms with Crippen LogP contribution in [0.1, 0.15) is 43.7 Å².